The molecule has 1 atom stereocenters. The van der Waals surface area contributed by atoms with Crippen LogP contribution in [0.2, 0.25) is 0 Å². The number of hydrogen-bond donors (Lipinski definition) is 2. The Kier molecular flexibility index (Phi) is 5.25. The molecule has 0 bridgehead atoms. The van der Waals surface area contributed by atoms with Gasteiger partial charge in [-0.1, -0.05) is 25.7 Å². The molecule has 2 heterocycles. The Bertz CT molecular complexity index is 717. The van der Waals surface area contributed by atoms with Gasteiger partial charge in [0.1, 0.15) is 5.56 Å². The lowest BCUT2D eigenvalue weighted by atomic mass is 10.1. The maximum absolute atomic E-state index is 12.5. The largest absolute Gasteiger partial charge is 0.347 e. The fraction of sp³-hybridized carbons (Fsp3) is 0.632. The molecular weight excluding hydrogens is 318 g/mol. The maximum atomic E-state index is 12.5. The van der Waals surface area contributed by atoms with E-state index in [1.165, 1.54) is 25.7 Å². The van der Waals surface area contributed by atoms with E-state index in [0.29, 0.717) is 19.0 Å². The third kappa shape index (κ3) is 3.94. The van der Waals surface area contributed by atoms with Crippen molar-refractivity contribution < 1.29 is 9.59 Å². The molecule has 0 aromatic carbocycles. The monoisotopic (exact) mass is 345 g/mol. The summed E-state index contributed by atoms with van der Waals surface area (Å²) < 4.78 is 0. The Morgan fingerprint density at radius 1 is 1.16 bits per heavy atom. The van der Waals surface area contributed by atoms with Crippen molar-refractivity contribution >= 4 is 11.8 Å². The van der Waals surface area contributed by atoms with Crippen LogP contribution in [-0.2, 0) is 4.79 Å². The molecule has 6 heteroatoms. The van der Waals surface area contributed by atoms with Crippen LogP contribution in [0.5, 0.6) is 0 Å². The number of nitrogens with zero attached hydrogens (tertiary/aromatic N) is 1. The van der Waals surface area contributed by atoms with Crippen LogP contribution < -0.4 is 10.9 Å². The molecular formula is C19H27N3O3. The van der Waals surface area contributed by atoms with E-state index in [9.17, 15) is 14.4 Å². The Labute approximate surface area is 148 Å². The molecule has 2 fully saturated rings. The number of nitrogens with one attached hydrogen (secondary N) is 2. The van der Waals surface area contributed by atoms with Crippen LogP contribution >= 0.6 is 0 Å². The average Bonchev–Trinajstić information content (AvgIpc) is 2.76. The average molecular weight is 345 g/mol. The molecule has 6 nitrogen and oxygen atoms in total. The highest BCUT2D eigenvalue weighted by molar-refractivity contribution is 5.95. The summed E-state index contributed by atoms with van der Waals surface area (Å²) in [5.74, 6) is -0.281. The van der Waals surface area contributed by atoms with Crippen molar-refractivity contribution in [2.24, 2.45) is 0 Å². The van der Waals surface area contributed by atoms with E-state index in [1.54, 1.807) is 13.0 Å². The first-order valence-electron chi connectivity index (χ1n) is 9.26. The van der Waals surface area contributed by atoms with Gasteiger partial charge < -0.3 is 15.2 Å². The number of likely N-dealkylation sites (tertiary alicyclic amines) is 1. The summed E-state index contributed by atoms with van der Waals surface area (Å²) in [6.07, 6.45) is 7.27. The number of carbonyl (C=O) groups excluding carboxylic acids is 2. The van der Waals surface area contributed by atoms with Gasteiger partial charge in [0.25, 0.3) is 11.5 Å². The smallest absolute Gasteiger partial charge is 0.261 e. The second-order valence-electron chi connectivity index (χ2n) is 7.39. The van der Waals surface area contributed by atoms with Crippen molar-refractivity contribution in [1.29, 1.82) is 0 Å². The normalized spacial score (nSPS) is 22.1. The van der Waals surface area contributed by atoms with E-state index in [4.69, 9.17) is 0 Å². The van der Waals surface area contributed by atoms with Gasteiger partial charge in [-0.3, -0.25) is 14.4 Å². The molecule has 1 aromatic heterocycles. The van der Waals surface area contributed by atoms with E-state index in [0.717, 1.165) is 24.1 Å². The lowest BCUT2D eigenvalue weighted by Gasteiger charge is -2.27. The van der Waals surface area contributed by atoms with Crippen molar-refractivity contribution in [3.8, 4) is 0 Å². The summed E-state index contributed by atoms with van der Waals surface area (Å²) in [5, 5.41) is 2.88. The first kappa shape index (κ1) is 17.7. The SMILES string of the molecule is Cc1cc(C(=O)N[C@H]2CC(=O)N(C3CCCCCC3)C2)c(=O)[nH]c1C. The van der Waals surface area contributed by atoms with Gasteiger partial charge in [-0.05, 0) is 38.3 Å². The fourth-order valence-electron chi connectivity index (χ4n) is 3.91. The molecule has 25 heavy (non-hydrogen) atoms. The van der Waals surface area contributed by atoms with Crippen LogP contribution in [-0.4, -0.2) is 40.3 Å². The Hall–Kier alpha value is -2.11. The molecule has 3 rings (SSSR count). The van der Waals surface area contributed by atoms with Crippen LogP contribution in [0.1, 0.15) is 66.6 Å². The Morgan fingerprint density at radius 3 is 2.52 bits per heavy atom. The number of carbonyl (C=O) groups is 2. The molecule has 136 valence electrons. The standard InChI is InChI=1S/C19H27N3O3/c1-12-9-16(18(24)20-13(12)2)19(25)21-14-10-17(23)22(11-14)15-7-5-3-4-6-8-15/h9,14-15H,3-8,10-11H2,1-2H3,(H,20,24)(H,21,25)/t14-/m0/s1. The number of pyridine rings is 1. The van der Waals surface area contributed by atoms with Crippen LogP contribution in [0.15, 0.2) is 10.9 Å². The van der Waals surface area contributed by atoms with Gasteiger partial charge in [-0.2, -0.15) is 0 Å². The minimum atomic E-state index is -0.398. The number of rotatable bonds is 3. The van der Waals surface area contributed by atoms with E-state index in [1.807, 2.05) is 11.8 Å². The van der Waals surface area contributed by atoms with Crippen molar-refractivity contribution in [3.63, 3.8) is 0 Å². The highest BCUT2D eigenvalue weighted by atomic mass is 16.2. The summed E-state index contributed by atoms with van der Waals surface area (Å²) in [5.41, 5.74) is 1.36. The minimum absolute atomic E-state index is 0.114. The summed E-state index contributed by atoms with van der Waals surface area (Å²) in [4.78, 5) is 41.5. The van der Waals surface area contributed by atoms with Crippen LogP contribution in [0.4, 0.5) is 0 Å². The third-order valence-electron chi connectivity index (χ3n) is 5.50. The van der Waals surface area contributed by atoms with Crippen molar-refractivity contribution in [3.05, 3.63) is 33.2 Å². The first-order valence-corrected chi connectivity index (χ1v) is 9.26. The number of aromatic nitrogens is 1. The first-order chi connectivity index (χ1) is 12.0. The third-order valence-corrected chi connectivity index (χ3v) is 5.50. The second kappa shape index (κ2) is 7.42. The highest BCUT2D eigenvalue weighted by Gasteiger charge is 2.35. The minimum Gasteiger partial charge on any atom is -0.347 e. The molecule has 0 spiro atoms. The van der Waals surface area contributed by atoms with Crippen LogP contribution in [0.3, 0.4) is 0 Å². The van der Waals surface area contributed by atoms with Crippen LogP contribution in [0.25, 0.3) is 0 Å². The van der Waals surface area contributed by atoms with Gasteiger partial charge in [-0.15, -0.1) is 0 Å². The summed E-state index contributed by atoms with van der Waals surface area (Å²) in [7, 11) is 0. The van der Waals surface area contributed by atoms with E-state index in [-0.39, 0.29) is 23.1 Å². The van der Waals surface area contributed by atoms with Gasteiger partial charge in [0, 0.05) is 24.7 Å². The van der Waals surface area contributed by atoms with Gasteiger partial charge >= 0.3 is 0 Å². The molecule has 1 aromatic rings. The molecule has 0 radical (unpaired) electrons. The van der Waals surface area contributed by atoms with Crippen molar-refractivity contribution in [2.75, 3.05) is 6.54 Å². The molecule has 2 aliphatic rings. The number of aryl methyl sites for hydroxylation is 2. The van der Waals surface area contributed by atoms with E-state index < -0.39 is 5.91 Å². The summed E-state index contributed by atoms with van der Waals surface area (Å²) in [6, 6.07) is 1.70. The molecule has 2 N–H and O–H groups in total. The van der Waals surface area contributed by atoms with Gasteiger partial charge in [-0.25, -0.2) is 0 Å². The van der Waals surface area contributed by atoms with Gasteiger partial charge in [0.2, 0.25) is 5.91 Å². The van der Waals surface area contributed by atoms with Gasteiger partial charge in [0.05, 0.1) is 6.04 Å². The van der Waals surface area contributed by atoms with E-state index in [2.05, 4.69) is 10.3 Å². The highest BCUT2D eigenvalue weighted by Crippen LogP contribution is 2.25. The van der Waals surface area contributed by atoms with E-state index >= 15 is 0 Å². The molecule has 1 saturated carbocycles. The number of aromatic amines is 1. The summed E-state index contributed by atoms with van der Waals surface area (Å²) >= 11 is 0. The molecule has 1 aliphatic heterocycles. The van der Waals surface area contributed by atoms with Crippen molar-refractivity contribution in [2.45, 2.75) is 70.9 Å². The number of amides is 2. The molecule has 1 aliphatic carbocycles. The zero-order valence-electron chi connectivity index (χ0n) is 15.1. The maximum Gasteiger partial charge on any atom is 0.261 e. The number of H-pyrrole nitrogens is 1. The number of hydrogen-bond acceptors (Lipinski definition) is 3. The van der Waals surface area contributed by atoms with Gasteiger partial charge in [0.15, 0.2) is 0 Å². The molecule has 1 saturated heterocycles. The zero-order valence-corrected chi connectivity index (χ0v) is 15.1. The zero-order chi connectivity index (χ0) is 18.0. The summed E-state index contributed by atoms with van der Waals surface area (Å²) in [6.45, 7) is 4.21. The Morgan fingerprint density at radius 2 is 1.84 bits per heavy atom. The predicted octanol–water partition coefficient (Wildman–Crippen LogP) is 2.05. The lowest BCUT2D eigenvalue weighted by Crippen LogP contribution is -2.41. The van der Waals surface area contributed by atoms with Crippen molar-refractivity contribution in [1.82, 2.24) is 15.2 Å². The quantitative estimate of drug-likeness (QED) is 0.823. The van der Waals surface area contributed by atoms with Crippen LogP contribution in [0, 0.1) is 13.8 Å². The molecule has 0 unspecified atom stereocenters. The lowest BCUT2D eigenvalue weighted by molar-refractivity contribution is -0.129. The predicted molar refractivity (Wildman–Crippen MR) is 95.6 cm³/mol. The fourth-order valence-corrected chi connectivity index (χ4v) is 3.91. The Balaban J connectivity index is 1.66. The topological polar surface area (TPSA) is 82.3 Å². The second-order valence-corrected chi connectivity index (χ2v) is 7.39. The molecule has 2 amide bonds.